The Morgan fingerprint density at radius 1 is 1.46 bits per heavy atom. The van der Waals surface area contributed by atoms with Crippen molar-refractivity contribution in [2.75, 3.05) is 6.54 Å². The predicted octanol–water partition coefficient (Wildman–Crippen LogP) is 1.08. The predicted molar refractivity (Wildman–Crippen MR) is 51.5 cm³/mol. The summed E-state index contributed by atoms with van der Waals surface area (Å²) >= 11 is 0. The van der Waals surface area contributed by atoms with Crippen molar-refractivity contribution < 1.29 is 10.2 Å². The van der Waals surface area contributed by atoms with Gasteiger partial charge in [-0.15, -0.1) is 0 Å². The highest BCUT2D eigenvalue weighted by molar-refractivity contribution is 5.37. The molecule has 0 aliphatic carbocycles. The Bertz CT molecular complexity index is 286. The summed E-state index contributed by atoms with van der Waals surface area (Å²) in [6.07, 6.45) is -0.193. The van der Waals surface area contributed by atoms with Gasteiger partial charge in [-0.2, -0.15) is 0 Å². The molecule has 0 bridgehead atoms. The molecule has 72 valence electrons. The number of hydrogen-bond donors (Lipinski definition) is 3. The number of aliphatic hydroxyl groups excluding tert-OH is 1. The van der Waals surface area contributed by atoms with Gasteiger partial charge in [0.1, 0.15) is 5.75 Å². The number of aryl methyl sites for hydroxylation is 1. The Morgan fingerprint density at radius 2 is 2.15 bits per heavy atom. The summed E-state index contributed by atoms with van der Waals surface area (Å²) < 4.78 is 0. The lowest BCUT2D eigenvalue weighted by molar-refractivity contribution is 0.166. The number of phenols is 1. The van der Waals surface area contributed by atoms with E-state index in [9.17, 15) is 10.2 Å². The number of aromatic hydroxyl groups is 1. The third-order valence-electron chi connectivity index (χ3n) is 1.99. The largest absolute Gasteiger partial charge is 0.508 e. The van der Waals surface area contributed by atoms with Crippen molar-refractivity contribution in [2.45, 2.75) is 19.4 Å². The van der Waals surface area contributed by atoms with E-state index in [1.165, 1.54) is 0 Å². The van der Waals surface area contributed by atoms with Crippen molar-refractivity contribution in [2.24, 2.45) is 5.73 Å². The molecule has 0 aliphatic heterocycles. The zero-order valence-corrected chi connectivity index (χ0v) is 7.70. The highest BCUT2D eigenvalue weighted by Gasteiger charge is 2.10. The Hall–Kier alpha value is -1.06. The summed E-state index contributed by atoms with van der Waals surface area (Å²) in [5.74, 6) is 0.140. The molecular weight excluding hydrogens is 166 g/mol. The number of nitrogens with two attached hydrogens (primary N) is 1. The van der Waals surface area contributed by atoms with Crippen LogP contribution in [0.4, 0.5) is 0 Å². The highest BCUT2D eigenvalue weighted by Crippen LogP contribution is 2.26. The SMILES string of the molecule is Cc1ccc([C@H](O)CCN)c(O)c1. The minimum absolute atomic E-state index is 0.140. The van der Waals surface area contributed by atoms with Crippen LogP contribution in [0.1, 0.15) is 23.7 Å². The topological polar surface area (TPSA) is 66.5 Å². The monoisotopic (exact) mass is 181 g/mol. The zero-order chi connectivity index (χ0) is 9.84. The molecule has 1 aromatic rings. The third kappa shape index (κ3) is 2.44. The lowest BCUT2D eigenvalue weighted by atomic mass is 10.0. The van der Waals surface area contributed by atoms with E-state index in [2.05, 4.69) is 0 Å². The van der Waals surface area contributed by atoms with E-state index in [-0.39, 0.29) is 5.75 Å². The quantitative estimate of drug-likeness (QED) is 0.653. The summed E-state index contributed by atoms with van der Waals surface area (Å²) in [6, 6.07) is 5.22. The molecule has 1 atom stereocenters. The van der Waals surface area contributed by atoms with Crippen molar-refractivity contribution in [3.63, 3.8) is 0 Å². The van der Waals surface area contributed by atoms with Gasteiger partial charge in [-0.25, -0.2) is 0 Å². The second kappa shape index (κ2) is 4.25. The molecule has 1 rings (SSSR count). The molecule has 13 heavy (non-hydrogen) atoms. The molecule has 4 N–H and O–H groups in total. The number of hydrogen-bond acceptors (Lipinski definition) is 3. The Morgan fingerprint density at radius 3 is 2.69 bits per heavy atom. The number of phenolic OH excluding ortho intramolecular Hbond substituents is 1. The van der Waals surface area contributed by atoms with Crippen LogP contribution in [-0.2, 0) is 0 Å². The van der Waals surface area contributed by atoms with Crippen LogP contribution in [0.15, 0.2) is 18.2 Å². The maximum atomic E-state index is 9.55. The van der Waals surface area contributed by atoms with Gasteiger partial charge in [-0.1, -0.05) is 12.1 Å². The van der Waals surface area contributed by atoms with Gasteiger partial charge < -0.3 is 15.9 Å². The molecule has 3 nitrogen and oxygen atoms in total. The maximum Gasteiger partial charge on any atom is 0.121 e. The van der Waals surface area contributed by atoms with E-state index in [4.69, 9.17) is 5.73 Å². The molecular formula is C10H15NO2. The minimum Gasteiger partial charge on any atom is -0.508 e. The van der Waals surface area contributed by atoms with E-state index >= 15 is 0 Å². The first-order chi connectivity index (χ1) is 6.15. The molecule has 3 heteroatoms. The number of benzene rings is 1. The average Bonchev–Trinajstić information content (AvgIpc) is 2.04. The van der Waals surface area contributed by atoms with Crippen LogP contribution in [0, 0.1) is 6.92 Å². The molecule has 0 aliphatic rings. The van der Waals surface area contributed by atoms with Crippen LogP contribution in [-0.4, -0.2) is 16.8 Å². The smallest absolute Gasteiger partial charge is 0.121 e. The Labute approximate surface area is 77.8 Å². The summed E-state index contributed by atoms with van der Waals surface area (Å²) in [6.45, 7) is 2.30. The average molecular weight is 181 g/mol. The van der Waals surface area contributed by atoms with Crippen molar-refractivity contribution in [3.8, 4) is 5.75 Å². The van der Waals surface area contributed by atoms with Crippen LogP contribution >= 0.6 is 0 Å². The fourth-order valence-electron chi connectivity index (χ4n) is 1.25. The van der Waals surface area contributed by atoms with Gasteiger partial charge in [0.2, 0.25) is 0 Å². The molecule has 0 heterocycles. The molecule has 0 aromatic heterocycles. The van der Waals surface area contributed by atoms with Gasteiger partial charge in [0.05, 0.1) is 6.10 Å². The zero-order valence-electron chi connectivity index (χ0n) is 7.70. The summed E-state index contributed by atoms with van der Waals surface area (Å²) in [4.78, 5) is 0. The maximum absolute atomic E-state index is 9.55. The first-order valence-electron chi connectivity index (χ1n) is 4.33. The van der Waals surface area contributed by atoms with Crippen molar-refractivity contribution in [3.05, 3.63) is 29.3 Å². The van der Waals surface area contributed by atoms with E-state index in [0.29, 0.717) is 18.5 Å². The molecule has 1 aromatic carbocycles. The summed E-state index contributed by atoms with van der Waals surface area (Å²) in [5, 5.41) is 19.0. The standard InChI is InChI=1S/C10H15NO2/c1-7-2-3-8(10(13)6-7)9(12)4-5-11/h2-3,6,9,12-13H,4-5,11H2,1H3/t9-/m1/s1. The van der Waals surface area contributed by atoms with Crippen molar-refractivity contribution in [1.29, 1.82) is 0 Å². The molecule has 0 radical (unpaired) electrons. The van der Waals surface area contributed by atoms with E-state index in [1.807, 2.05) is 13.0 Å². The Kier molecular flexibility index (Phi) is 3.28. The van der Waals surface area contributed by atoms with Gasteiger partial charge in [0.15, 0.2) is 0 Å². The fourth-order valence-corrected chi connectivity index (χ4v) is 1.25. The molecule has 0 fully saturated rings. The third-order valence-corrected chi connectivity index (χ3v) is 1.99. The molecule has 0 saturated heterocycles. The van der Waals surface area contributed by atoms with Crippen LogP contribution in [0.5, 0.6) is 5.75 Å². The second-order valence-corrected chi connectivity index (χ2v) is 3.16. The fraction of sp³-hybridized carbons (Fsp3) is 0.400. The molecule has 0 saturated carbocycles. The number of rotatable bonds is 3. The van der Waals surface area contributed by atoms with E-state index in [1.54, 1.807) is 12.1 Å². The lowest BCUT2D eigenvalue weighted by Gasteiger charge is -2.11. The molecule has 0 unspecified atom stereocenters. The first-order valence-corrected chi connectivity index (χ1v) is 4.33. The van der Waals surface area contributed by atoms with Gasteiger partial charge in [-0.05, 0) is 31.5 Å². The van der Waals surface area contributed by atoms with Crippen molar-refractivity contribution in [1.82, 2.24) is 0 Å². The van der Waals surface area contributed by atoms with E-state index in [0.717, 1.165) is 5.56 Å². The van der Waals surface area contributed by atoms with Crippen LogP contribution < -0.4 is 5.73 Å². The van der Waals surface area contributed by atoms with Crippen LogP contribution in [0.2, 0.25) is 0 Å². The van der Waals surface area contributed by atoms with Gasteiger partial charge in [-0.3, -0.25) is 0 Å². The van der Waals surface area contributed by atoms with Crippen LogP contribution in [0.25, 0.3) is 0 Å². The highest BCUT2D eigenvalue weighted by atomic mass is 16.3. The first kappa shape index (κ1) is 10.0. The number of aliphatic hydroxyl groups is 1. The normalized spacial score (nSPS) is 12.8. The summed E-state index contributed by atoms with van der Waals surface area (Å²) in [7, 11) is 0. The van der Waals surface area contributed by atoms with Crippen LogP contribution in [0.3, 0.4) is 0 Å². The van der Waals surface area contributed by atoms with Gasteiger partial charge >= 0.3 is 0 Å². The van der Waals surface area contributed by atoms with E-state index < -0.39 is 6.10 Å². The minimum atomic E-state index is -0.661. The lowest BCUT2D eigenvalue weighted by Crippen LogP contribution is -2.06. The van der Waals surface area contributed by atoms with Gasteiger partial charge in [0, 0.05) is 5.56 Å². The Balaban J connectivity index is 2.88. The second-order valence-electron chi connectivity index (χ2n) is 3.16. The summed E-state index contributed by atoms with van der Waals surface area (Å²) in [5.41, 5.74) is 6.83. The molecule has 0 amide bonds. The molecule has 0 spiro atoms. The van der Waals surface area contributed by atoms with Crippen molar-refractivity contribution >= 4 is 0 Å². The van der Waals surface area contributed by atoms with Gasteiger partial charge in [0.25, 0.3) is 0 Å².